The number of hydrogen-bond donors (Lipinski definition) is 1. The third kappa shape index (κ3) is 5.74. The molecule has 2 amide bonds. The number of halogens is 1. The minimum absolute atomic E-state index is 0.00795. The van der Waals surface area contributed by atoms with Crippen LogP contribution in [-0.2, 0) is 16.1 Å². The molecule has 1 aliphatic carbocycles. The van der Waals surface area contributed by atoms with E-state index in [1.165, 1.54) is 29.4 Å². The summed E-state index contributed by atoms with van der Waals surface area (Å²) in [5.74, 6) is -0.823. The van der Waals surface area contributed by atoms with Gasteiger partial charge in [-0.2, -0.15) is 4.80 Å². The summed E-state index contributed by atoms with van der Waals surface area (Å²) in [6.45, 7) is -0.315. The summed E-state index contributed by atoms with van der Waals surface area (Å²) in [6.07, 6.45) is 6.38. The van der Waals surface area contributed by atoms with Gasteiger partial charge in [0, 0.05) is 17.3 Å². The Labute approximate surface area is 213 Å². The van der Waals surface area contributed by atoms with E-state index < -0.39 is 23.7 Å². The van der Waals surface area contributed by atoms with Gasteiger partial charge in [-0.25, -0.2) is 4.39 Å². The number of aromatic nitrogens is 4. The molecule has 37 heavy (non-hydrogen) atoms. The van der Waals surface area contributed by atoms with Crippen molar-refractivity contribution in [1.29, 1.82) is 0 Å². The number of benzene rings is 2. The van der Waals surface area contributed by atoms with Crippen molar-refractivity contribution in [2.75, 3.05) is 4.90 Å². The summed E-state index contributed by atoms with van der Waals surface area (Å²) in [5.41, 5.74) is 0.970. The molecule has 0 aliphatic heterocycles. The molecule has 1 atom stereocenters. The third-order valence-corrected chi connectivity index (χ3v) is 6.39. The van der Waals surface area contributed by atoms with Gasteiger partial charge in [-0.1, -0.05) is 55.7 Å². The van der Waals surface area contributed by atoms with E-state index in [0.29, 0.717) is 5.82 Å². The van der Waals surface area contributed by atoms with Crippen LogP contribution in [0.4, 0.5) is 10.1 Å². The Morgan fingerprint density at radius 2 is 1.86 bits per heavy atom. The van der Waals surface area contributed by atoms with Crippen LogP contribution >= 0.6 is 0 Å². The zero-order valence-electron chi connectivity index (χ0n) is 20.2. The molecule has 1 fully saturated rings. The molecule has 190 valence electrons. The van der Waals surface area contributed by atoms with Crippen molar-refractivity contribution in [3.8, 4) is 11.4 Å². The summed E-state index contributed by atoms with van der Waals surface area (Å²) < 4.78 is 19.9. The minimum Gasteiger partial charge on any atom is -0.467 e. The first kappa shape index (κ1) is 24.4. The van der Waals surface area contributed by atoms with E-state index in [1.54, 1.807) is 18.2 Å². The van der Waals surface area contributed by atoms with Gasteiger partial charge in [-0.3, -0.25) is 14.5 Å². The highest BCUT2D eigenvalue weighted by Gasteiger charge is 2.36. The molecule has 0 spiro atoms. The van der Waals surface area contributed by atoms with Crippen LogP contribution in [-0.4, -0.2) is 38.1 Å². The van der Waals surface area contributed by atoms with Gasteiger partial charge in [0.1, 0.15) is 18.1 Å². The number of nitrogens with one attached hydrogen (secondary N) is 1. The zero-order chi connectivity index (χ0) is 25.6. The molecule has 5 rings (SSSR count). The lowest BCUT2D eigenvalue weighted by Crippen LogP contribution is -2.48. The largest absolute Gasteiger partial charge is 0.467 e. The van der Waals surface area contributed by atoms with Gasteiger partial charge in [0.25, 0.3) is 11.8 Å². The van der Waals surface area contributed by atoms with E-state index in [-0.39, 0.29) is 24.0 Å². The molecule has 2 heterocycles. The van der Waals surface area contributed by atoms with E-state index in [9.17, 15) is 14.0 Å². The maximum atomic E-state index is 14.3. The van der Waals surface area contributed by atoms with Crippen LogP contribution < -0.4 is 10.2 Å². The molecular weight excluding hydrogens is 475 g/mol. The first-order valence-corrected chi connectivity index (χ1v) is 12.3. The first-order chi connectivity index (χ1) is 18.1. The Balaban J connectivity index is 1.47. The molecule has 0 saturated heterocycles. The molecule has 1 N–H and O–H groups in total. The summed E-state index contributed by atoms with van der Waals surface area (Å²) in [6, 6.07) is 17.0. The second-order valence-corrected chi connectivity index (χ2v) is 9.01. The van der Waals surface area contributed by atoms with Crippen LogP contribution in [0.1, 0.15) is 43.9 Å². The average molecular weight is 503 g/mol. The SMILES string of the molecule is O=C(NC1CCCCC1)[C@H](c1ccco1)N(C(=O)Cn1nnc(-c2ccccc2)n1)c1cccc(F)c1. The number of rotatable bonds is 8. The fourth-order valence-corrected chi connectivity index (χ4v) is 4.62. The lowest BCUT2D eigenvalue weighted by Gasteiger charge is -2.32. The van der Waals surface area contributed by atoms with Gasteiger partial charge < -0.3 is 9.73 Å². The Morgan fingerprint density at radius 1 is 1.05 bits per heavy atom. The molecule has 9 nitrogen and oxygen atoms in total. The topological polar surface area (TPSA) is 106 Å². The highest BCUT2D eigenvalue weighted by molar-refractivity contribution is 6.01. The van der Waals surface area contributed by atoms with Crippen LogP contribution in [0.3, 0.4) is 0 Å². The van der Waals surface area contributed by atoms with Crippen molar-refractivity contribution >= 4 is 17.5 Å². The van der Waals surface area contributed by atoms with E-state index in [2.05, 4.69) is 20.7 Å². The third-order valence-electron chi connectivity index (χ3n) is 6.39. The Bertz CT molecular complexity index is 1340. The monoisotopic (exact) mass is 502 g/mol. The van der Waals surface area contributed by atoms with E-state index in [1.807, 2.05) is 30.3 Å². The van der Waals surface area contributed by atoms with Crippen molar-refractivity contribution in [2.24, 2.45) is 0 Å². The Morgan fingerprint density at radius 3 is 2.59 bits per heavy atom. The second-order valence-electron chi connectivity index (χ2n) is 9.01. The van der Waals surface area contributed by atoms with Crippen LogP contribution in [0.2, 0.25) is 0 Å². The van der Waals surface area contributed by atoms with Crippen LogP contribution in [0, 0.1) is 5.82 Å². The van der Waals surface area contributed by atoms with Gasteiger partial charge >= 0.3 is 0 Å². The van der Waals surface area contributed by atoms with Crippen LogP contribution in [0.5, 0.6) is 0 Å². The number of nitrogens with zero attached hydrogens (tertiary/aromatic N) is 5. The summed E-state index contributed by atoms with van der Waals surface area (Å²) in [7, 11) is 0. The van der Waals surface area contributed by atoms with Gasteiger partial charge in [-0.15, -0.1) is 10.2 Å². The molecule has 0 radical (unpaired) electrons. The highest BCUT2D eigenvalue weighted by Crippen LogP contribution is 2.30. The number of hydrogen-bond acceptors (Lipinski definition) is 6. The first-order valence-electron chi connectivity index (χ1n) is 12.3. The smallest absolute Gasteiger partial charge is 0.251 e. The van der Waals surface area contributed by atoms with Gasteiger partial charge in [-0.05, 0) is 48.4 Å². The lowest BCUT2D eigenvalue weighted by molar-refractivity contribution is -0.128. The number of anilines is 1. The number of carbonyl (C=O) groups excluding carboxylic acids is 2. The number of amides is 2. The van der Waals surface area contributed by atoms with Crippen molar-refractivity contribution < 1.29 is 18.4 Å². The fourth-order valence-electron chi connectivity index (χ4n) is 4.62. The van der Waals surface area contributed by atoms with Gasteiger partial charge in [0.05, 0.1) is 6.26 Å². The molecule has 0 unspecified atom stereocenters. The molecule has 0 bridgehead atoms. The quantitative estimate of drug-likeness (QED) is 0.385. The fraction of sp³-hybridized carbons (Fsp3) is 0.296. The summed E-state index contributed by atoms with van der Waals surface area (Å²) >= 11 is 0. The number of tetrazole rings is 1. The van der Waals surface area contributed by atoms with Gasteiger partial charge in [0.15, 0.2) is 6.04 Å². The zero-order valence-corrected chi connectivity index (χ0v) is 20.2. The van der Waals surface area contributed by atoms with Crippen LogP contribution in [0.15, 0.2) is 77.4 Å². The van der Waals surface area contributed by atoms with Crippen LogP contribution in [0.25, 0.3) is 11.4 Å². The maximum Gasteiger partial charge on any atom is 0.251 e. The lowest BCUT2D eigenvalue weighted by atomic mass is 9.95. The Hall–Kier alpha value is -4.34. The molecule has 10 heteroatoms. The molecule has 1 saturated carbocycles. The standard InChI is InChI=1S/C27H27FN6O3/c28-20-11-7-14-22(17-20)34(24(35)18-33-31-26(30-32-33)19-9-3-1-4-10-19)25(23-15-8-16-37-23)27(36)29-21-12-5-2-6-13-21/h1,3-4,7-11,14-17,21,25H,2,5-6,12-13,18H2,(H,29,36)/t25-/m0/s1. The molecule has 1 aliphatic rings. The van der Waals surface area contributed by atoms with Crippen molar-refractivity contribution in [2.45, 2.75) is 50.7 Å². The molecule has 4 aromatic rings. The predicted molar refractivity (Wildman–Crippen MR) is 134 cm³/mol. The van der Waals surface area contributed by atoms with Crippen molar-refractivity contribution in [1.82, 2.24) is 25.5 Å². The number of carbonyl (C=O) groups is 2. The van der Waals surface area contributed by atoms with Crippen molar-refractivity contribution in [3.63, 3.8) is 0 Å². The van der Waals surface area contributed by atoms with Crippen molar-refractivity contribution in [3.05, 3.63) is 84.6 Å². The predicted octanol–water partition coefficient (Wildman–Crippen LogP) is 4.30. The normalized spacial score (nSPS) is 14.7. The van der Waals surface area contributed by atoms with Gasteiger partial charge in [0.2, 0.25) is 5.82 Å². The maximum absolute atomic E-state index is 14.3. The molecule has 2 aromatic heterocycles. The summed E-state index contributed by atoms with van der Waals surface area (Å²) in [4.78, 5) is 29.8. The number of furan rings is 1. The van der Waals surface area contributed by atoms with E-state index in [4.69, 9.17) is 4.42 Å². The highest BCUT2D eigenvalue weighted by atomic mass is 19.1. The average Bonchev–Trinajstić information content (AvgIpc) is 3.61. The second kappa shape index (κ2) is 11.2. The van der Waals surface area contributed by atoms with E-state index >= 15 is 0 Å². The molecular formula is C27H27FN6O3. The van der Waals surface area contributed by atoms with E-state index in [0.717, 1.165) is 42.5 Å². The Kier molecular flexibility index (Phi) is 7.34. The minimum atomic E-state index is -1.15. The molecule has 2 aromatic carbocycles. The summed E-state index contributed by atoms with van der Waals surface area (Å²) in [5, 5.41) is 15.5.